The van der Waals surface area contributed by atoms with Gasteiger partial charge in [0.2, 0.25) is 5.75 Å². The van der Waals surface area contributed by atoms with Crippen LogP contribution in [0.15, 0.2) is 82.1 Å². The van der Waals surface area contributed by atoms with E-state index in [-0.39, 0.29) is 53.9 Å². The molecule has 1 unspecified atom stereocenters. The normalized spacial score (nSPS) is 18.1. The van der Waals surface area contributed by atoms with Gasteiger partial charge in [-0.05, 0) is 56.7 Å². The summed E-state index contributed by atoms with van der Waals surface area (Å²) in [5.74, 6) is -0.501. The summed E-state index contributed by atoms with van der Waals surface area (Å²) >= 11 is 0. The number of rotatable bonds is 11. The zero-order valence-electron chi connectivity index (χ0n) is 30.1. The molecule has 0 saturated carbocycles. The first-order valence-electron chi connectivity index (χ1n) is 17.8. The molecular weight excluding hydrogens is 741 g/mol. The Morgan fingerprint density at radius 1 is 1.04 bits per heavy atom. The van der Waals surface area contributed by atoms with Crippen molar-refractivity contribution in [3.05, 3.63) is 105 Å². The second-order valence-electron chi connectivity index (χ2n) is 13.6. The first-order valence-corrected chi connectivity index (χ1v) is 19.7. The fraction of sp³-hybridized carbons (Fsp3) is 0.368. The van der Waals surface area contributed by atoms with E-state index in [1.807, 2.05) is 0 Å². The number of sulfone groups is 1. The van der Waals surface area contributed by atoms with Crippen LogP contribution in [0.2, 0.25) is 0 Å². The van der Waals surface area contributed by atoms with E-state index in [2.05, 4.69) is 15.2 Å². The summed E-state index contributed by atoms with van der Waals surface area (Å²) in [7, 11) is -2.96. The lowest BCUT2D eigenvalue weighted by molar-refractivity contribution is 0.0939. The maximum atomic E-state index is 15.7. The van der Waals surface area contributed by atoms with Crippen LogP contribution in [0.5, 0.6) is 23.0 Å². The van der Waals surface area contributed by atoms with Crippen LogP contribution in [0.3, 0.4) is 0 Å². The van der Waals surface area contributed by atoms with Crippen LogP contribution in [-0.4, -0.2) is 90.3 Å². The maximum Gasteiger partial charge on any atom is 0.335 e. The van der Waals surface area contributed by atoms with Crippen LogP contribution >= 0.6 is 0 Å². The number of hydrogen-bond donors (Lipinski definition) is 1. The largest absolute Gasteiger partial charge is 0.489 e. The van der Waals surface area contributed by atoms with Crippen molar-refractivity contribution in [2.24, 2.45) is 0 Å². The van der Waals surface area contributed by atoms with Gasteiger partial charge in [-0.1, -0.05) is 6.08 Å². The van der Waals surface area contributed by atoms with Crippen molar-refractivity contribution >= 4 is 26.6 Å². The fourth-order valence-electron chi connectivity index (χ4n) is 6.54. The summed E-state index contributed by atoms with van der Waals surface area (Å²) < 4.78 is 78.9. The topological polar surface area (TPSA) is 160 Å². The van der Waals surface area contributed by atoms with Gasteiger partial charge >= 0.3 is 5.69 Å². The molecule has 1 amide bonds. The van der Waals surface area contributed by atoms with E-state index in [1.54, 1.807) is 26.0 Å². The Morgan fingerprint density at radius 2 is 1.76 bits per heavy atom. The summed E-state index contributed by atoms with van der Waals surface area (Å²) in [4.78, 5) is 46.7. The van der Waals surface area contributed by atoms with Gasteiger partial charge in [-0.3, -0.25) is 19.1 Å². The van der Waals surface area contributed by atoms with Gasteiger partial charge in [-0.25, -0.2) is 26.6 Å². The Hall–Kier alpha value is -5.55. The second kappa shape index (κ2) is 15.7. The molecule has 17 heteroatoms. The molecule has 4 aromatic rings. The van der Waals surface area contributed by atoms with E-state index in [0.29, 0.717) is 60.8 Å². The zero-order valence-corrected chi connectivity index (χ0v) is 30.9. The van der Waals surface area contributed by atoms with Gasteiger partial charge in [0.25, 0.3) is 11.5 Å². The van der Waals surface area contributed by atoms with E-state index in [1.165, 1.54) is 41.2 Å². The molecule has 7 rings (SSSR count). The molecule has 14 nitrogen and oxygen atoms in total. The third kappa shape index (κ3) is 8.12. The lowest BCUT2D eigenvalue weighted by Gasteiger charge is -2.26. The predicted molar refractivity (Wildman–Crippen MR) is 198 cm³/mol. The van der Waals surface area contributed by atoms with Crippen LogP contribution in [0.4, 0.5) is 8.78 Å². The van der Waals surface area contributed by atoms with Crippen LogP contribution in [0.1, 0.15) is 43.1 Å². The number of aromatic nitrogens is 3. The third-order valence-electron chi connectivity index (χ3n) is 9.44. The monoisotopic (exact) mass is 779 g/mol. The molecule has 0 spiro atoms. The predicted octanol–water partition coefficient (Wildman–Crippen LogP) is 3.86. The summed E-state index contributed by atoms with van der Waals surface area (Å²) in [5, 5.41) is 3.10. The quantitative estimate of drug-likeness (QED) is 0.220. The molecule has 2 aromatic heterocycles. The number of allylic oxidation sites excluding steroid dienone is 1. The Kier molecular flexibility index (Phi) is 10.8. The van der Waals surface area contributed by atoms with Crippen molar-refractivity contribution in [2.75, 3.05) is 51.0 Å². The van der Waals surface area contributed by atoms with Crippen LogP contribution in [0, 0.1) is 5.82 Å². The molecule has 1 fully saturated rings. The molecular formula is C38H39F2N5O9S. The number of nitrogens with zero attached hydrogens (tertiary/aromatic N) is 4. The van der Waals surface area contributed by atoms with Crippen molar-refractivity contribution in [2.45, 2.75) is 38.8 Å². The molecule has 2 aromatic carbocycles. The average Bonchev–Trinajstić information content (AvgIpc) is 3.15. The molecule has 290 valence electrons. The van der Waals surface area contributed by atoms with Crippen molar-refractivity contribution < 1.29 is 40.9 Å². The maximum absolute atomic E-state index is 15.7. The van der Waals surface area contributed by atoms with Gasteiger partial charge in [0.15, 0.2) is 27.1 Å². The lowest BCUT2D eigenvalue weighted by atomic mass is 10.1. The molecule has 55 heavy (non-hydrogen) atoms. The summed E-state index contributed by atoms with van der Waals surface area (Å²) in [5.41, 5.74) is -1.41. The Bertz CT molecular complexity index is 2410. The standard InChI is InChI=1S/C38H39F2N5O9S/c1-23(2)44-22-27(37(47)45(38(44)48)26-7-4-24(39)5-8-26)36(46)42-25-6-9-30(28(40)20-25)54-31-10-11-41-29-21-32(34-35(33(29)31)53-17-16-52-34)51-15-3-12-43-13-18-55(49,50)19-14-43/h4-11,21-23,25H,3,12-20H2,1-2H3,(H,42,46). The van der Waals surface area contributed by atoms with Crippen LogP contribution in [-0.2, 0) is 9.84 Å². The number of fused-ring (bicyclic) bond motifs is 3. The SMILES string of the molecule is CC(C)n1cc(C(=O)NC2C=CC(Oc3ccnc4cc(OCCCN5CCS(=O)(=O)CC5)c5c(c34)OCCO5)=C(F)C2)c(=O)n(-c2ccc(F)cc2)c1=O. The van der Waals surface area contributed by atoms with E-state index < -0.39 is 50.7 Å². The van der Waals surface area contributed by atoms with Gasteiger partial charge in [0, 0.05) is 50.6 Å². The van der Waals surface area contributed by atoms with Gasteiger partial charge in [0.1, 0.15) is 36.2 Å². The molecule has 1 N–H and O–H groups in total. The second-order valence-corrected chi connectivity index (χ2v) is 15.9. The van der Waals surface area contributed by atoms with Crippen molar-refractivity contribution in [1.29, 1.82) is 0 Å². The number of carbonyl (C=O) groups excluding carboxylic acids is 1. The highest BCUT2D eigenvalue weighted by Gasteiger charge is 2.28. The molecule has 4 heterocycles. The average molecular weight is 780 g/mol. The van der Waals surface area contributed by atoms with Crippen molar-refractivity contribution in [3.8, 4) is 28.7 Å². The van der Waals surface area contributed by atoms with Gasteiger partial charge in [-0.15, -0.1) is 0 Å². The van der Waals surface area contributed by atoms with E-state index in [0.717, 1.165) is 16.7 Å². The summed E-state index contributed by atoms with van der Waals surface area (Å²) in [6.45, 7) is 5.96. The van der Waals surface area contributed by atoms with E-state index in [4.69, 9.17) is 18.9 Å². The minimum Gasteiger partial charge on any atom is -0.489 e. The number of pyridine rings is 1. The number of hydrogen-bond acceptors (Lipinski definition) is 11. The molecule has 1 saturated heterocycles. The van der Waals surface area contributed by atoms with Gasteiger partial charge in [-0.2, -0.15) is 0 Å². The molecule has 1 aliphatic carbocycles. The van der Waals surface area contributed by atoms with Crippen molar-refractivity contribution in [1.82, 2.24) is 24.3 Å². The highest BCUT2D eigenvalue weighted by molar-refractivity contribution is 7.91. The van der Waals surface area contributed by atoms with E-state index in [9.17, 15) is 27.2 Å². The van der Waals surface area contributed by atoms with Gasteiger partial charge in [0.05, 0.1) is 40.7 Å². The van der Waals surface area contributed by atoms with Gasteiger partial charge < -0.3 is 29.2 Å². The smallest absolute Gasteiger partial charge is 0.335 e. The molecule has 3 aliphatic rings. The molecule has 0 bridgehead atoms. The Balaban J connectivity index is 1.06. The molecule has 1 atom stereocenters. The van der Waals surface area contributed by atoms with Crippen molar-refractivity contribution in [3.63, 3.8) is 0 Å². The van der Waals surface area contributed by atoms with E-state index >= 15 is 4.39 Å². The number of carbonyl (C=O) groups is 1. The zero-order chi connectivity index (χ0) is 38.9. The number of halogens is 2. The molecule has 2 aliphatic heterocycles. The number of benzene rings is 2. The first-order chi connectivity index (χ1) is 26.4. The Morgan fingerprint density at radius 3 is 2.47 bits per heavy atom. The minimum absolute atomic E-state index is 0.0882. The fourth-order valence-corrected chi connectivity index (χ4v) is 7.81. The molecule has 0 radical (unpaired) electrons. The number of nitrogens with one attached hydrogen (secondary N) is 1. The third-order valence-corrected chi connectivity index (χ3v) is 11.0. The summed E-state index contributed by atoms with van der Waals surface area (Å²) in [6.07, 6.45) is 5.94. The number of amides is 1. The highest BCUT2D eigenvalue weighted by Crippen LogP contribution is 2.48. The lowest BCUT2D eigenvalue weighted by Crippen LogP contribution is -2.45. The number of ether oxygens (including phenoxy) is 4. The summed E-state index contributed by atoms with van der Waals surface area (Å²) in [6, 6.07) is 6.71. The minimum atomic E-state index is -2.96. The first kappa shape index (κ1) is 37.8. The van der Waals surface area contributed by atoms with Crippen LogP contribution < -0.4 is 35.5 Å². The van der Waals surface area contributed by atoms with Crippen LogP contribution in [0.25, 0.3) is 16.6 Å². The highest BCUT2D eigenvalue weighted by atomic mass is 32.2. The Labute approximate surface area is 314 Å².